The molecule has 1 heteroatoms. The van der Waals surface area contributed by atoms with Crippen molar-refractivity contribution >= 4 is 0 Å². The van der Waals surface area contributed by atoms with E-state index in [0.29, 0.717) is 0 Å². The molecule has 0 aliphatic rings. The third kappa shape index (κ3) is 1.96. The predicted molar refractivity (Wildman–Crippen MR) is 19.6 cm³/mol. The van der Waals surface area contributed by atoms with Crippen LogP contribution in [0, 0.1) is 0 Å². The summed E-state index contributed by atoms with van der Waals surface area (Å²) in [6, 6.07) is 0. The van der Waals surface area contributed by atoms with Gasteiger partial charge in [0, 0.05) is 1.37 Å². The van der Waals surface area contributed by atoms with Gasteiger partial charge in [-0.25, -0.2) is 0 Å². The molecule has 0 fully saturated rings. The van der Waals surface area contributed by atoms with Crippen molar-refractivity contribution in [2.45, 2.75) is 6.92 Å². The van der Waals surface area contributed by atoms with Gasteiger partial charge in [-0.3, -0.25) is 0 Å². The Hall–Kier alpha value is -0.0400. The smallest absolute Gasteiger partial charge is 0.0425 e. The van der Waals surface area contributed by atoms with Crippen LogP contribution in [-0.2, 0) is 0 Å². The number of hydrogen-bond acceptors (Lipinski definition) is 1. The van der Waals surface area contributed by atoms with E-state index in [4.69, 9.17) is 1.37 Å². The monoisotopic (exact) mass is 60.1 g/mol. The lowest BCUT2D eigenvalue weighted by Gasteiger charge is -1.76. The number of nitrogens with one attached hydrogen (secondary N) is 1. The molecule has 0 radical (unpaired) electrons. The molecular weight excluding hydrogens is 50.0 g/mol. The molecule has 0 saturated carbocycles. The Morgan fingerprint density at radius 3 is 2.50 bits per heavy atom. The van der Waals surface area contributed by atoms with E-state index in [-0.39, 0.29) is 6.52 Å². The highest BCUT2D eigenvalue weighted by atomic mass is 14.8. The molecule has 26 valence electrons. The fourth-order valence-corrected chi connectivity index (χ4v) is 0. The van der Waals surface area contributed by atoms with Crippen molar-refractivity contribution < 1.29 is 1.37 Å². The first kappa shape index (κ1) is 2.21. The van der Waals surface area contributed by atoms with E-state index < -0.39 is 0 Å². The van der Waals surface area contributed by atoms with E-state index in [1.165, 1.54) is 0 Å². The standard InChI is InChI=1S/C3H9N/c1-3-4-2/h4H,3H2,1-2H3/i3D. The van der Waals surface area contributed by atoms with Gasteiger partial charge in [0.05, 0.1) is 0 Å². The van der Waals surface area contributed by atoms with Crippen molar-refractivity contribution in [2.24, 2.45) is 0 Å². The highest BCUT2D eigenvalue weighted by molar-refractivity contribution is 4.15. The molecule has 0 heterocycles. The zero-order chi connectivity index (χ0) is 4.28. The highest BCUT2D eigenvalue weighted by Gasteiger charge is 1.50. The van der Waals surface area contributed by atoms with Crippen LogP contribution in [0.25, 0.3) is 0 Å². The van der Waals surface area contributed by atoms with Crippen LogP contribution in [0.15, 0.2) is 0 Å². The molecule has 1 atom stereocenters. The molecule has 1 N–H and O–H groups in total. The summed E-state index contributed by atoms with van der Waals surface area (Å²) < 4.78 is 6.72. The van der Waals surface area contributed by atoms with E-state index in [0.717, 1.165) is 0 Å². The average Bonchev–Trinajstić information content (AvgIpc) is 1.38. The summed E-state index contributed by atoms with van der Waals surface area (Å²) in [7, 11) is 1.76. The van der Waals surface area contributed by atoms with Crippen LogP contribution in [0.2, 0.25) is 0 Å². The molecule has 0 bridgehead atoms. The van der Waals surface area contributed by atoms with E-state index >= 15 is 0 Å². The molecule has 0 aromatic heterocycles. The molecule has 0 aliphatic heterocycles. The zero-order valence-electron chi connectivity index (χ0n) is 4.08. The molecule has 0 aliphatic carbocycles. The van der Waals surface area contributed by atoms with E-state index in [9.17, 15) is 0 Å². The van der Waals surface area contributed by atoms with Crippen molar-refractivity contribution in [3.63, 3.8) is 0 Å². The minimum absolute atomic E-state index is 0.116. The lowest BCUT2D eigenvalue weighted by Crippen LogP contribution is -2.01. The lowest BCUT2D eigenvalue weighted by atomic mass is 10.8. The normalized spacial score (nSPS) is 19.0. The van der Waals surface area contributed by atoms with Gasteiger partial charge < -0.3 is 5.32 Å². The largest absolute Gasteiger partial charge is 0.320 e. The maximum Gasteiger partial charge on any atom is 0.0425 e. The van der Waals surface area contributed by atoms with Gasteiger partial charge in [-0.05, 0) is 13.6 Å². The van der Waals surface area contributed by atoms with Gasteiger partial charge in [0.25, 0.3) is 0 Å². The molecule has 1 nitrogen and oxygen atoms in total. The second kappa shape index (κ2) is 2.96. The van der Waals surface area contributed by atoms with E-state index in [2.05, 4.69) is 5.32 Å². The summed E-state index contributed by atoms with van der Waals surface area (Å²) in [5, 5.41) is 2.69. The molecule has 0 aromatic rings. The third-order valence-corrected chi connectivity index (χ3v) is 0.289. The Labute approximate surface area is 28.4 Å². The Balaban J connectivity index is 2.54. The fourth-order valence-electron chi connectivity index (χ4n) is 0. The van der Waals surface area contributed by atoms with Crippen LogP contribution >= 0.6 is 0 Å². The van der Waals surface area contributed by atoms with Gasteiger partial charge >= 0.3 is 0 Å². The molecule has 0 aromatic carbocycles. The van der Waals surface area contributed by atoms with Crippen molar-refractivity contribution in [2.75, 3.05) is 13.6 Å². The van der Waals surface area contributed by atoms with E-state index in [1.807, 2.05) is 0 Å². The van der Waals surface area contributed by atoms with Crippen LogP contribution in [0.4, 0.5) is 0 Å². The molecule has 0 saturated heterocycles. The second-order valence-electron chi connectivity index (χ2n) is 0.577. The lowest BCUT2D eigenvalue weighted by molar-refractivity contribution is 0.864. The molecule has 1 unspecified atom stereocenters. The summed E-state index contributed by atoms with van der Waals surface area (Å²) in [5.74, 6) is 0. The van der Waals surface area contributed by atoms with Crippen molar-refractivity contribution in [3.05, 3.63) is 0 Å². The number of hydrogen-bond donors (Lipinski definition) is 1. The van der Waals surface area contributed by atoms with Crippen molar-refractivity contribution in [3.8, 4) is 0 Å². The highest BCUT2D eigenvalue weighted by Crippen LogP contribution is 1.34. The van der Waals surface area contributed by atoms with Crippen LogP contribution in [0.3, 0.4) is 0 Å². The maximum atomic E-state index is 6.72. The quantitative estimate of drug-likeness (QED) is 0.456. The van der Waals surface area contributed by atoms with Gasteiger partial charge in [-0.2, -0.15) is 0 Å². The molecule has 0 amide bonds. The minimum atomic E-state index is -0.116. The zero-order valence-corrected chi connectivity index (χ0v) is 3.08. The summed E-state index contributed by atoms with van der Waals surface area (Å²) in [5.41, 5.74) is 0. The minimum Gasteiger partial charge on any atom is -0.320 e. The average molecular weight is 60.1 g/mol. The maximum absolute atomic E-state index is 6.72. The van der Waals surface area contributed by atoms with Crippen LogP contribution in [-0.4, -0.2) is 13.6 Å². The molecule has 4 heavy (non-hydrogen) atoms. The Kier molecular flexibility index (Phi) is 1.64. The van der Waals surface area contributed by atoms with Gasteiger partial charge in [0.1, 0.15) is 0 Å². The van der Waals surface area contributed by atoms with Crippen molar-refractivity contribution in [1.82, 2.24) is 5.32 Å². The fraction of sp³-hybridized carbons (Fsp3) is 1.00. The topological polar surface area (TPSA) is 12.0 Å². The Morgan fingerprint density at radius 1 is 2.25 bits per heavy atom. The van der Waals surface area contributed by atoms with E-state index in [1.54, 1.807) is 14.0 Å². The Morgan fingerprint density at radius 2 is 2.50 bits per heavy atom. The SMILES string of the molecule is [2H]C(C)NC. The second-order valence-corrected chi connectivity index (χ2v) is 0.577. The van der Waals surface area contributed by atoms with Crippen LogP contribution < -0.4 is 5.32 Å². The first-order valence-electron chi connectivity index (χ1n) is 1.94. The first-order valence-corrected chi connectivity index (χ1v) is 1.37. The van der Waals surface area contributed by atoms with Crippen LogP contribution in [0.5, 0.6) is 0 Å². The van der Waals surface area contributed by atoms with Gasteiger partial charge in [-0.15, -0.1) is 0 Å². The summed E-state index contributed by atoms with van der Waals surface area (Å²) in [6.45, 7) is 1.66. The third-order valence-electron chi connectivity index (χ3n) is 0.289. The van der Waals surface area contributed by atoms with Gasteiger partial charge in [-0.1, -0.05) is 6.92 Å². The molecule has 0 rings (SSSR count). The number of rotatable bonds is 1. The van der Waals surface area contributed by atoms with Crippen molar-refractivity contribution in [1.29, 1.82) is 0 Å². The predicted octanol–water partition coefficient (Wildman–Crippen LogP) is 0.226. The molecular formula is C3H9N. The van der Waals surface area contributed by atoms with Gasteiger partial charge in [0.15, 0.2) is 0 Å². The van der Waals surface area contributed by atoms with Crippen LogP contribution in [0.1, 0.15) is 8.29 Å². The first-order chi connectivity index (χ1) is 2.27. The molecule has 0 spiro atoms. The summed E-state index contributed by atoms with van der Waals surface area (Å²) >= 11 is 0. The Bertz CT molecular complexity index is 20.9. The van der Waals surface area contributed by atoms with Gasteiger partial charge in [0.2, 0.25) is 0 Å². The summed E-state index contributed by atoms with van der Waals surface area (Å²) in [4.78, 5) is 0. The summed E-state index contributed by atoms with van der Waals surface area (Å²) in [6.07, 6.45) is 0.